The zero-order chi connectivity index (χ0) is 11.1. The zero-order valence-corrected chi connectivity index (χ0v) is 9.36. The summed E-state index contributed by atoms with van der Waals surface area (Å²) in [5.74, 6) is 0. The highest BCUT2D eigenvalue weighted by Gasteiger charge is 2.08. The van der Waals surface area contributed by atoms with Crippen LogP contribution < -0.4 is 0 Å². The Bertz CT molecular complexity index is 353. The van der Waals surface area contributed by atoms with Crippen LogP contribution in [0, 0.1) is 0 Å². The highest BCUT2D eigenvalue weighted by molar-refractivity contribution is 5.36. The summed E-state index contributed by atoms with van der Waals surface area (Å²) in [6.45, 7) is 4.22. The first-order valence-electron chi connectivity index (χ1n) is 5.47. The van der Waals surface area contributed by atoms with Gasteiger partial charge in [0, 0.05) is 0 Å². The standard InChI is InChI=1S/C13H17NO/c1-3-6-13(14-10-15)12-8-5-7-11(4-2)9-12/h5,7-9,13H,3-4,6H2,1-2H3/t13-/m1/s1. The molecule has 0 amide bonds. The molecular formula is C13H17NO. The summed E-state index contributed by atoms with van der Waals surface area (Å²) >= 11 is 0. The average molecular weight is 203 g/mol. The van der Waals surface area contributed by atoms with E-state index in [1.165, 1.54) is 5.56 Å². The number of hydrogen-bond acceptors (Lipinski definition) is 2. The molecule has 0 aliphatic heterocycles. The second-order valence-corrected chi connectivity index (χ2v) is 3.62. The van der Waals surface area contributed by atoms with Crippen LogP contribution in [0.15, 0.2) is 29.3 Å². The van der Waals surface area contributed by atoms with E-state index in [2.05, 4.69) is 31.0 Å². The first kappa shape index (κ1) is 11.7. The molecular weight excluding hydrogens is 186 g/mol. The Morgan fingerprint density at radius 1 is 1.40 bits per heavy atom. The van der Waals surface area contributed by atoms with Crippen molar-refractivity contribution in [3.63, 3.8) is 0 Å². The van der Waals surface area contributed by atoms with Crippen LogP contribution in [0.3, 0.4) is 0 Å². The molecule has 2 nitrogen and oxygen atoms in total. The molecule has 0 N–H and O–H groups in total. The van der Waals surface area contributed by atoms with Gasteiger partial charge in [-0.25, -0.2) is 4.79 Å². The van der Waals surface area contributed by atoms with Crippen molar-refractivity contribution in [3.8, 4) is 0 Å². The SMILES string of the molecule is CCC[C@@H](N=C=O)c1cccc(CC)c1. The van der Waals surface area contributed by atoms with Crippen LogP contribution in [0.5, 0.6) is 0 Å². The fourth-order valence-corrected chi connectivity index (χ4v) is 1.66. The smallest absolute Gasteiger partial charge is 0.211 e. The molecule has 0 aliphatic carbocycles. The number of aryl methyl sites for hydroxylation is 1. The van der Waals surface area contributed by atoms with Crippen molar-refractivity contribution in [1.82, 2.24) is 0 Å². The molecule has 2 heteroatoms. The van der Waals surface area contributed by atoms with Crippen molar-refractivity contribution in [2.24, 2.45) is 4.99 Å². The van der Waals surface area contributed by atoms with Gasteiger partial charge in [-0.15, -0.1) is 0 Å². The number of nitrogens with zero attached hydrogens (tertiary/aromatic N) is 1. The van der Waals surface area contributed by atoms with Crippen molar-refractivity contribution < 1.29 is 4.79 Å². The first-order valence-corrected chi connectivity index (χ1v) is 5.47. The molecule has 15 heavy (non-hydrogen) atoms. The molecule has 80 valence electrons. The Balaban J connectivity index is 2.93. The van der Waals surface area contributed by atoms with Gasteiger partial charge in [0.2, 0.25) is 6.08 Å². The summed E-state index contributed by atoms with van der Waals surface area (Å²) in [6.07, 6.45) is 4.60. The van der Waals surface area contributed by atoms with Crippen LogP contribution in [0.2, 0.25) is 0 Å². The van der Waals surface area contributed by atoms with E-state index < -0.39 is 0 Å². The minimum Gasteiger partial charge on any atom is -0.211 e. The number of benzene rings is 1. The van der Waals surface area contributed by atoms with E-state index in [1.807, 2.05) is 12.1 Å². The minimum absolute atomic E-state index is 0.0148. The molecule has 0 saturated heterocycles. The maximum absolute atomic E-state index is 10.3. The molecule has 0 spiro atoms. The van der Waals surface area contributed by atoms with Crippen LogP contribution in [-0.2, 0) is 11.2 Å². The predicted octanol–water partition coefficient (Wildman–Crippen LogP) is 3.43. The largest absolute Gasteiger partial charge is 0.235 e. The lowest BCUT2D eigenvalue weighted by Gasteiger charge is -2.10. The normalized spacial score (nSPS) is 11.9. The second-order valence-electron chi connectivity index (χ2n) is 3.62. The topological polar surface area (TPSA) is 29.4 Å². The number of rotatable bonds is 5. The Hall–Kier alpha value is -1.40. The maximum Gasteiger partial charge on any atom is 0.235 e. The third-order valence-corrected chi connectivity index (χ3v) is 2.51. The number of aliphatic imine (C=N–C) groups is 1. The molecule has 1 aromatic carbocycles. The van der Waals surface area contributed by atoms with Crippen LogP contribution in [-0.4, -0.2) is 6.08 Å². The fraction of sp³-hybridized carbons (Fsp3) is 0.462. The summed E-state index contributed by atoms with van der Waals surface area (Å²) in [4.78, 5) is 14.2. The molecule has 1 atom stereocenters. The van der Waals surface area contributed by atoms with Crippen LogP contribution in [0.1, 0.15) is 43.9 Å². The summed E-state index contributed by atoms with van der Waals surface area (Å²) in [7, 11) is 0. The highest BCUT2D eigenvalue weighted by Crippen LogP contribution is 2.23. The molecule has 0 aliphatic rings. The molecule has 0 radical (unpaired) electrons. The third kappa shape index (κ3) is 3.34. The predicted molar refractivity (Wildman–Crippen MR) is 61.6 cm³/mol. The quantitative estimate of drug-likeness (QED) is 0.532. The maximum atomic E-state index is 10.3. The van der Waals surface area contributed by atoms with E-state index >= 15 is 0 Å². The molecule has 0 fully saturated rings. The van der Waals surface area contributed by atoms with Gasteiger partial charge in [-0.1, -0.05) is 44.5 Å². The lowest BCUT2D eigenvalue weighted by molar-refractivity contribution is 0.552. The molecule has 0 bridgehead atoms. The Morgan fingerprint density at radius 2 is 2.20 bits per heavy atom. The van der Waals surface area contributed by atoms with Crippen LogP contribution in [0.25, 0.3) is 0 Å². The Kier molecular flexibility index (Phi) is 4.79. The molecule has 0 saturated carbocycles. The molecule has 1 aromatic rings. The van der Waals surface area contributed by atoms with Gasteiger partial charge in [-0.3, -0.25) is 0 Å². The van der Waals surface area contributed by atoms with Crippen molar-refractivity contribution in [3.05, 3.63) is 35.4 Å². The van der Waals surface area contributed by atoms with Crippen molar-refractivity contribution >= 4 is 6.08 Å². The average Bonchev–Trinajstić information content (AvgIpc) is 2.29. The van der Waals surface area contributed by atoms with Crippen LogP contribution >= 0.6 is 0 Å². The Morgan fingerprint density at radius 3 is 2.80 bits per heavy atom. The minimum atomic E-state index is -0.0148. The van der Waals surface area contributed by atoms with Crippen molar-refractivity contribution in [2.75, 3.05) is 0 Å². The number of hydrogen-bond donors (Lipinski definition) is 0. The van der Waals surface area contributed by atoms with Crippen molar-refractivity contribution in [1.29, 1.82) is 0 Å². The molecule has 0 heterocycles. The van der Waals surface area contributed by atoms with Gasteiger partial charge >= 0.3 is 0 Å². The van der Waals surface area contributed by atoms with Crippen molar-refractivity contribution in [2.45, 2.75) is 39.2 Å². The summed E-state index contributed by atoms with van der Waals surface area (Å²) in [6, 6.07) is 8.26. The lowest BCUT2D eigenvalue weighted by Crippen LogP contribution is -1.96. The number of isocyanates is 1. The van der Waals surface area contributed by atoms with E-state index in [-0.39, 0.29) is 6.04 Å². The molecule has 0 unspecified atom stereocenters. The monoisotopic (exact) mass is 203 g/mol. The first-order chi connectivity index (χ1) is 7.31. The van der Waals surface area contributed by atoms with E-state index in [0.717, 1.165) is 24.8 Å². The number of carbonyl (C=O) groups excluding carboxylic acids is 1. The van der Waals surface area contributed by atoms with Gasteiger partial charge in [0.25, 0.3) is 0 Å². The second kappa shape index (κ2) is 6.15. The lowest BCUT2D eigenvalue weighted by atomic mass is 10.00. The summed E-state index contributed by atoms with van der Waals surface area (Å²) < 4.78 is 0. The van der Waals surface area contributed by atoms with Gasteiger partial charge in [-0.2, -0.15) is 4.99 Å². The Labute approximate surface area is 91.0 Å². The van der Waals surface area contributed by atoms with E-state index in [4.69, 9.17) is 0 Å². The summed E-state index contributed by atoms with van der Waals surface area (Å²) in [5.41, 5.74) is 2.41. The van der Waals surface area contributed by atoms with E-state index in [0.29, 0.717) is 0 Å². The van der Waals surface area contributed by atoms with Gasteiger partial charge in [0.1, 0.15) is 0 Å². The molecule has 0 aromatic heterocycles. The van der Waals surface area contributed by atoms with E-state index in [9.17, 15) is 4.79 Å². The van der Waals surface area contributed by atoms with Gasteiger partial charge in [-0.05, 0) is 24.0 Å². The molecule has 1 rings (SSSR count). The van der Waals surface area contributed by atoms with Crippen LogP contribution in [0.4, 0.5) is 0 Å². The van der Waals surface area contributed by atoms with Gasteiger partial charge in [0.05, 0.1) is 6.04 Å². The zero-order valence-electron chi connectivity index (χ0n) is 9.36. The third-order valence-electron chi connectivity index (χ3n) is 2.51. The fourth-order valence-electron chi connectivity index (χ4n) is 1.66. The summed E-state index contributed by atoms with van der Waals surface area (Å²) in [5, 5.41) is 0. The van der Waals surface area contributed by atoms with Gasteiger partial charge < -0.3 is 0 Å². The van der Waals surface area contributed by atoms with E-state index in [1.54, 1.807) is 6.08 Å². The highest BCUT2D eigenvalue weighted by atomic mass is 16.1. The van der Waals surface area contributed by atoms with Gasteiger partial charge in [0.15, 0.2) is 0 Å².